The molecular weight excluding hydrogens is 234 g/mol. The number of aryl methyl sites for hydroxylation is 2. The Bertz CT molecular complexity index is 553. The lowest BCUT2D eigenvalue weighted by Crippen LogP contribution is -2.34. The van der Waals surface area contributed by atoms with Crippen LogP contribution in [0.1, 0.15) is 29.9 Å². The number of aliphatic hydroxyl groups is 1. The Labute approximate surface area is 104 Å². The van der Waals surface area contributed by atoms with Crippen LogP contribution < -0.4 is 5.32 Å². The van der Waals surface area contributed by atoms with Crippen molar-refractivity contribution in [3.63, 3.8) is 0 Å². The molecular formula is C12H17N3OS. The highest BCUT2D eigenvalue weighted by molar-refractivity contribution is 7.15. The number of rotatable bonds is 4. The lowest BCUT2D eigenvalue weighted by molar-refractivity contribution is 0.229. The molecule has 1 fully saturated rings. The lowest BCUT2D eigenvalue weighted by Gasteiger charge is -2.14. The van der Waals surface area contributed by atoms with Gasteiger partial charge in [0.1, 0.15) is 0 Å². The molecule has 0 aliphatic heterocycles. The standard InChI is InChI=1S/C12H17N3OS/c1-8-6-17-11-14-9(2)10(15(8)11)5-13-12(7-16)3-4-12/h6,13,16H,3-5,7H2,1-2H3. The summed E-state index contributed by atoms with van der Waals surface area (Å²) in [5.41, 5.74) is 3.52. The van der Waals surface area contributed by atoms with Gasteiger partial charge in [0.15, 0.2) is 4.96 Å². The number of nitrogens with one attached hydrogen (secondary N) is 1. The van der Waals surface area contributed by atoms with E-state index in [0.717, 1.165) is 30.0 Å². The molecule has 0 unspecified atom stereocenters. The first-order chi connectivity index (χ1) is 8.15. The number of nitrogens with zero attached hydrogens (tertiary/aromatic N) is 2. The molecule has 1 aliphatic carbocycles. The average molecular weight is 251 g/mol. The fraction of sp³-hybridized carbons (Fsp3) is 0.583. The number of fused-ring (bicyclic) bond motifs is 1. The predicted octanol–water partition coefficient (Wildman–Crippen LogP) is 1.63. The summed E-state index contributed by atoms with van der Waals surface area (Å²) in [6.07, 6.45) is 2.15. The maximum Gasteiger partial charge on any atom is 0.194 e. The van der Waals surface area contributed by atoms with Crippen LogP contribution in [0.5, 0.6) is 0 Å². The van der Waals surface area contributed by atoms with E-state index < -0.39 is 0 Å². The van der Waals surface area contributed by atoms with Crippen molar-refractivity contribution in [1.29, 1.82) is 0 Å². The third-order valence-electron chi connectivity index (χ3n) is 3.62. The van der Waals surface area contributed by atoms with Gasteiger partial charge in [0.25, 0.3) is 0 Å². The third-order valence-corrected chi connectivity index (χ3v) is 4.56. The van der Waals surface area contributed by atoms with Gasteiger partial charge in [-0.05, 0) is 26.7 Å². The van der Waals surface area contributed by atoms with Crippen molar-refractivity contribution in [2.75, 3.05) is 6.61 Å². The van der Waals surface area contributed by atoms with Gasteiger partial charge in [-0.1, -0.05) is 0 Å². The molecule has 2 N–H and O–H groups in total. The van der Waals surface area contributed by atoms with E-state index in [0.29, 0.717) is 0 Å². The molecule has 3 rings (SSSR count). The highest BCUT2D eigenvalue weighted by atomic mass is 32.1. The molecule has 0 spiro atoms. The molecule has 1 aliphatic rings. The van der Waals surface area contributed by atoms with Crippen LogP contribution in [0.15, 0.2) is 5.38 Å². The van der Waals surface area contributed by atoms with Crippen LogP contribution in [0, 0.1) is 13.8 Å². The lowest BCUT2D eigenvalue weighted by atomic mass is 10.2. The van der Waals surface area contributed by atoms with E-state index in [2.05, 4.69) is 33.9 Å². The fourth-order valence-electron chi connectivity index (χ4n) is 2.19. The molecule has 2 aromatic rings. The summed E-state index contributed by atoms with van der Waals surface area (Å²) in [5, 5.41) is 14.9. The zero-order chi connectivity index (χ0) is 12.0. The van der Waals surface area contributed by atoms with Crippen molar-refractivity contribution in [2.24, 2.45) is 0 Å². The van der Waals surface area contributed by atoms with Crippen molar-refractivity contribution in [1.82, 2.24) is 14.7 Å². The number of aliphatic hydroxyl groups excluding tert-OH is 1. The fourth-order valence-corrected chi connectivity index (χ4v) is 3.12. The molecule has 5 heteroatoms. The van der Waals surface area contributed by atoms with Crippen LogP contribution in [-0.2, 0) is 6.54 Å². The first kappa shape index (κ1) is 11.2. The molecule has 2 heterocycles. The first-order valence-electron chi connectivity index (χ1n) is 5.93. The highest BCUT2D eigenvalue weighted by Crippen LogP contribution is 2.35. The molecule has 0 radical (unpaired) electrons. The highest BCUT2D eigenvalue weighted by Gasteiger charge is 2.41. The van der Waals surface area contributed by atoms with Crippen molar-refractivity contribution >= 4 is 16.3 Å². The smallest absolute Gasteiger partial charge is 0.194 e. The Morgan fingerprint density at radius 2 is 2.29 bits per heavy atom. The second-order valence-corrected chi connectivity index (χ2v) is 5.77. The van der Waals surface area contributed by atoms with Gasteiger partial charge >= 0.3 is 0 Å². The van der Waals surface area contributed by atoms with Gasteiger partial charge in [0.2, 0.25) is 0 Å². The van der Waals surface area contributed by atoms with E-state index in [1.807, 2.05) is 0 Å². The molecule has 4 nitrogen and oxygen atoms in total. The van der Waals surface area contributed by atoms with Crippen LogP contribution in [0.2, 0.25) is 0 Å². The molecule has 0 atom stereocenters. The number of hydrogen-bond donors (Lipinski definition) is 2. The van der Waals surface area contributed by atoms with Crippen LogP contribution >= 0.6 is 11.3 Å². The quantitative estimate of drug-likeness (QED) is 0.868. The second-order valence-electron chi connectivity index (χ2n) is 4.93. The molecule has 0 amide bonds. The molecule has 0 bridgehead atoms. The Kier molecular flexibility index (Phi) is 2.50. The molecule has 0 aromatic carbocycles. The predicted molar refractivity (Wildman–Crippen MR) is 68.4 cm³/mol. The summed E-state index contributed by atoms with van der Waals surface area (Å²) >= 11 is 1.68. The minimum absolute atomic E-state index is 0.0134. The van der Waals surface area contributed by atoms with E-state index in [-0.39, 0.29) is 12.1 Å². The molecule has 0 saturated heterocycles. The summed E-state index contributed by atoms with van der Waals surface area (Å²) < 4.78 is 2.21. The molecule has 2 aromatic heterocycles. The van der Waals surface area contributed by atoms with E-state index in [4.69, 9.17) is 0 Å². The number of thiazole rings is 1. The van der Waals surface area contributed by atoms with Gasteiger partial charge in [0.05, 0.1) is 18.0 Å². The Morgan fingerprint density at radius 1 is 1.53 bits per heavy atom. The Balaban J connectivity index is 1.88. The van der Waals surface area contributed by atoms with E-state index in [9.17, 15) is 5.11 Å². The van der Waals surface area contributed by atoms with Gasteiger partial charge < -0.3 is 10.4 Å². The SMILES string of the molecule is Cc1nc2scc(C)n2c1CNC1(CO)CC1. The Morgan fingerprint density at radius 3 is 2.94 bits per heavy atom. The third kappa shape index (κ3) is 1.78. The van der Waals surface area contributed by atoms with Gasteiger partial charge in [0, 0.05) is 23.2 Å². The van der Waals surface area contributed by atoms with Gasteiger partial charge in [-0.3, -0.25) is 4.40 Å². The van der Waals surface area contributed by atoms with Crippen LogP contribution in [0.4, 0.5) is 0 Å². The van der Waals surface area contributed by atoms with Crippen molar-refractivity contribution in [3.05, 3.63) is 22.5 Å². The normalized spacial score (nSPS) is 17.8. The van der Waals surface area contributed by atoms with E-state index >= 15 is 0 Å². The monoisotopic (exact) mass is 251 g/mol. The van der Waals surface area contributed by atoms with Crippen molar-refractivity contribution < 1.29 is 5.11 Å². The van der Waals surface area contributed by atoms with Gasteiger partial charge in [-0.2, -0.15) is 0 Å². The number of aromatic nitrogens is 2. The average Bonchev–Trinajstić information content (AvgIpc) is 2.92. The molecule has 92 valence electrons. The first-order valence-corrected chi connectivity index (χ1v) is 6.81. The number of imidazole rings is 1. The summed E-state index contributed by atoms with van der Waals surface area (Å²) in [7, 11) is 0. The number of hydrogen-bond acceptors (Lipinski definition) is 4. The summed E-state index contributed by atoms with van der Waals surface area (Å²) in [6, 6.07) is 0. The second kappa shape index (κ2) is 3.80. The Hall–Kier alpha value is -0.910. The van der Waals surface area contributed by atoms with Crippen LogP contribution in [0.3, 0.4) is 0 Å². The largest absolute Gasteiger partial charge is 0.394 e. The topological polar surface area (TPSA) is 49.6 Å². The molecule has 1 saturated carbocycles. The minimum atomic E-state index is -0.0134. The van der Waals surface area contributed by atoms with Crippen LogP contribution in [0.25, 0.3) is 4.96 Å². The summed E-state index contributed by atoms with van der Waals surface area (Å²) in [4.78, 5) is 5.62. The van der Waals surface area contributed by atoms with E-state index in [1.54, 1.807) is 11.3 Å². The van der Waals surface area contributed by atoms with Gasteiger partial charge in [-0.15, -0.1) is 11.3 Å². The van der Waals surface area contributed by atoms with E-state index in [1.165, 1.54) is 11.4 Å². The van der Waals surface area contributed by atoms with Crippen molar-refractivity contribution in [3.8, 4) is 0 Å². The zero-order valence-electron chi connectivity index (χ0n) is 10.2. The zero-order valence-corrected chi connectivity index (χ0v) is 11.0. The van der Waals surface area contributed by atoms with Gasteiger partial charge in [-0.25, -0.2) is 4.98 Å². The maximum atomic E-state index is 9.30. The van der Waals surface area contributed by atoms with Crippen molar-refractivity contribution in [2.45, 2.75) is 38.8 Å². The maximum absolute atomic E-state index is 9.30. The minimum Gasteiger partial charge on any atom is -0.394 e. The summed E-state index contributed by atoms with van der Waals surface area (Å²) in [6.45, 7) is 5.17. The summed E-state index contributed by atoms with van der Waals surface area (Å²) in [5.74, 6) is 0. The van der Waals surface area contributed by atoms with Crippen LogP contribution in [-0.4, -0.2) is 26.6 Å². The molecule has 17 heavy (non-hydrogen) atoms.